The van der Waals surface area contributed by atoms with Gasteiger partial charge in [-0.15, -0.1) is 0 Å². The summed E-state index contributed by atoms with van der Waals surface area (Å²) in [4.78, 5) is 15.7. The monoisotopic (exact) mass is 343 g/mol. The number of hydrogen-bond acceptors (Lipinski definition) is 4. The number of nitrogens with two attached hydrogens (primary N) is 1. The van der Waals surface area contributed by atoms with Crippen molar-refractivity contribution in [1.29, 1.82) is 0 Å². The van der Waals surface area contributed by atoms with Crippen molar-refractivity contribution in [2.24, 2.45) is 5.73 Å². The van der Waals surface area contributed by atoms with E-state index in [1.165, 1.54) is 7.11 Å². The van der Waals surface area contributed by atoms with Gasteiger partial charge in [0.25, 0.3) is 0 Å². The quantitative estimate of drug-likeness (QED) is 0.571. The summed E-state index contributed by atoms with van der Waals surface area (Å²) in [5, 5.41) is 1.56. The molecule has 2 heterocycles. The highest BCUT2D eigenvalue weighted by Gasteiger charge is 2.17. The van der Waals surface area contributed by atoms with E-state index >= 15 is 0 Å². The Bertz CT molecular complexity index is 858. The molecule has 0 aliphatic carbocycles. The average Bonchev–Trinajstić information content (AvgIpc) is 2.94. The maximum absolute atomic E-state index is 11.6. The summed E-state index contributed by atoms with van der Waals surface area (Å²) in [5.74, 6) is -0.409. The maximum atomic E-state index is 11.6. The molecule has 1 atom stereocenters. The number of pyridine rings is 1. The molecule has 0 spiro atoms. The molecule has 0 fully saturated rings. The number of para-hydroxylation sites is 1. The minimum atomic E-state index is -0.675. The second kappa shape index (κ2) is 7.03. The van der Waals surface area contributed by atoms with Gasteiger partial charge in [-0.25, -0.2) is 4.98 Å². The molecule has 0 aliphatic heterocycles. The number of halogens is 1. The first-order valence-corrected chi connectivity index (χ1v) is 7.97. The van der Waals surface area contributed by atoms with Crippen LogP contribution in [-0.4, -0.2) is 28.7 Å². The van der Waals surface area contributed by atoms with Crippen molar-refractivity contribution >= 4 is 28.5 Å². The van der Waals surface area contributed by atoms with Gasteiger partial charge in [-0.3, -0.25) is 4.79 Å². The minimum absolute atomic E-state index is 0.409. The van der Waals surface area contributed by atoms with E-state index in [2.05, 4.69) is 9.55 Å². The molecule has 0 saturated carbocycles. The van der Waals surface area contributed by atoms with Crippen LogP contribution in [-0.2, 0) is 22.5 Å². The minimum Gasteiger partial charge on any atom is -0.468 e. The molecule has 0 amide bonds. The van der Waals surface area contributed by atoms with Gasteiger partial charge in [0.05, 0.1) is 7.11 Å². The number of ether oxygens (including phenoxy) is 1. The Labute approximate surface area is 145 Å². The molecule has 0 aliphatic rings. The largest absolute Gasteiger partial charge is 0.468 e. The molecule has 1 unspecified atom stereocenters. The van der Waals surface area contributed by atoms with Gasteiger partial charge < -0.3 is 15.0 Å². The SMILES string of the molecule is COC(=O)C(N)Cc1cn(Cc2ccc(Cl)nc2)c2ccccc12. The predicted molar refractivity (Wildman–Crippen MR) is 94.0 cm³/mol. The van der Waals surface area contributed by atoms with Crippen molar-refractivity contribution in [3.05, 3.63) is 65.1 Å². The lowest BCUT2D eigenvalue weighted by Gasteiger charge is -2.08. The molecule has 6 heteroatoms. The molecular weight excluding hydrogens is 326 g/mol. The lowest BCUT2D eigenvalue weighted by Crippen LogP contribution is -2.33. The van der Waals surface area contributed by atoms with Crippen molar-refractivity contribution in [3.8, 4) is 0 Å². The molecule has 0 radical (unpaired) electrons. The standard InChI is InChI=1S/C18H18ClN3O2/c1-24-18(23)15(20)8-13-11-22(16-5-3-2-4-14(13)16)10-12-6-7-17(19)21-9-12/h2-7,9,11,15H,8,10,20H2,1H3. The van der Waals surface area contributed by atoms with Crippen LogP contribution in [0.3, 0.4) is 0 Å². The van der Waals surface area contributed by atoms with Crippen LogP contribution in [0.15, 0.2) is 48.8 Å². The summed E-state index contributed by atoms with van der Waals surface area (Å²) in [6.45, 7) is 0.665. The van der Waals surface area contributed by atoms with Crippen LogP contribution in [0, 0.1) is 0 Å². The number of benzene rings is 1. The van der Waals surface area contributed by atoms with E-state index in [-0.39, 0.29) is 0 Å². The second-order valence-electron chi connectivity index (χ2n) is 5.62. The molecule has 3 aromatic rings. The number of rotatable bonds is 5. The van der Waals surface area contributed by atoms with Crippen molar-refractivity contribution in [3.63, 3.8) is 0 Å². The smallest absolute Gasteiger partial charge is 0.322 e. The molecule has 1 aromatic carbocycles. The highest BCUT2D eigenvalue weighted by Crippen LogP contribution is 2.23. The van der Waals surface area contributed by atoms with Crippen LogP contribution in [0.2, 0.25) is 5.15 Å². The lowest BCUT2D eigenvalue weighted by atomic mass is 10.1. The number of fused-ring (bicyclic) bond motifs is 1. The van der Waals surface area contributed by atoms with Crippen LogP contribution >= 0.6 is 11.6 Å². The van der Waals surface area contributed by atoms with E-state index in [1.807, 2.05) is 36.5 Å². The van der Waals surface area contributed by atoms with Gasteiger partial charge in [-0.1, -0.05) is 35.9 Å². The van der Waals surface area contributed by atoms with E-state index in [1.54, 1.807) is 12.3 Å². The van der Waals surface area contributed by atoms with E-state index in [0.29, 0.717) is 18.1 Å². The van der Waals surface area contributed by atoms with Crippen molar-refractivity contribution in [2.75, 3.05) is 7.11 Å². The van der Waals surface area contributed by atoms with Crippen molar-refractivity contribution < 1.29 is 9.53 Å². The Morgan fingerprint density at radius 1 is 1.33 bits per heavy atom. The molecule has 24 heavy (non-hydrogen) atoms. The van der Waals surface area contributed by atoms with Gasteiger partial charge in [-0.2, -0.15) is 0 Å². The van der Waals surface area contributed by atoms with Gasteiger partial charge in [-0.05, 0) is 23.3 Å². The summed E-state index contributed by atoms with van der Waals surface area (Å²) in [7, 11) is 1.35. The number of hydrogen-bond donors (Lipinski definition) is 1. The molecule has 124 valence electrons. The summed E-state index contributed by atoms with van der Waals surface area (Å²) < 4.78 is 6.84. The lowest BCUT2D eigenvalue weighted by molar-refractivity contribution is -0.142. The summed E-state index contributed by atoms with van der Waals surface area (Å²) in [6, 6.07) is 11.1. The number of aromatic nitrogens is 2. The summed E-state index contributed by atoms with van der Waals surface area (Å²) in [5.41, 5.74) is 9.07. The molecule has 0 saturated heterocycles. The number of carbonyl (C=O) groups is 1. The molecule has 0 bridgehead atoms. The third-order valence-corrected chi connectivity index (χ3v) is 4.18. The fourth-order valence-electron chi connectivity index (χ4n) is 2.78. The molecule has 5 nitrogen and oxygen atoms in total. The number of esters is 1. The Hall–Kier alpha value is -2.37. The van der Waals surface area contributed by atoms with E-state index in [0.717, 1.165) is 22.0 Å². The predicted octanol–water partition coefficient (Wildman–Crippen LogP) is 2.78. The molecular formula is C18H18ClN3O2. The van der Waals surface area contributed by atoms with Crippen molar-refractivity contribution in [2.45, 2.75) is 19.0 Å². The average molecular weight is 344 g/mol. The Kier molecular flexibility index (Phi) is 4.83. The van der Waals surface area contributed by atoms with Gasteiger partial charge >= 0.3 is 5.97 Å². The fourth-order valence-corrected chi connectivity index (χ4v) is 2.90. The van der Waals surface area contributed by atoms with Crippen LogP contribution < -0.4 is 5.73 Å². The topological polar surface area (TPSA) is 70.1 Å². The van der Waals surface area contributed by atoms with Crippen LogP contribution in [0.4, 0.5) is 0 Å². The van der Waals surface area contributed by atoms with Crippen LogP contribution in [0.1, 0.15) is 11.1 Å². The maximum Gasteiger partial charge on any atom is 0.322 e. The van der Waals surface area contributed by atoms with Crippen LogP contribution in [0.25, 0.3) is 10.9 Å². The van der Waals surface area contributed by atoms with Gasteiger partial charge in [0.2, 0.25) is 0 Å². The third kappa shape index (κ3) is 3.42. The first kappa shape index (κ1) is 16.5. The normalized spacial score (nSPS) is 12.3. The van der Waals surface area contributed by atoms with E-state index in [9.17, 15) is 4.79 Å². The van der Waals surface area contributed by atoms with Gasteiger partial charge in [0, 0.05) is 36.3 Å². The fraction of sp³-hybridized carbons (Fsp3) is 0.222. The van der Waals surface area contributed by atoms with Crippen molar-refractivity contribution in [1.82, 2.24) is 9.55 Å². The highest BCUT2D eigenvalue weighted by molar-refractivity contribution is 6.29. The number of nitrogens with zero attached hydrogens (tertiary/aromatic N) is 2. The zero-order valence-corrected chi connectivity index (χ0v) is 14.0. The first-order chi connectivity index (χ1) is 11.6. The molecule has 2 aromatic heterocycles. The van der Waals surface area contributed by atoms with Gasteiger partial charge in [0.1, 0.15) is 11.2 Å². The number of carbonyl (C=O) groups excluding carboxylic acids is 1. The van der Waals surface area contributed by atoms with Gasteiger partial charge in [0.15, 0.2) is 0 Å². The zero-order chi connectivity index (χ0) is 17.1. The third-order valence-electron chi connectivity index (χ3n) is 3.96. The number of methoxy groups -OCH3 is 1. The Morgan fingerprint density at radius 3 is 2.83 bits per heavy atom. The Balaban J connectivity index is 1.94. The van der Waals surface area contributed by atoms with E-state index in [4.69, 9.17) is 22.1 Å². The molecule has 3 rings (SSSR count). The Morgan fingerprint density at radius 2 is 2.12 bits per heavy atom. The first-order valence-electron chi connectivity index (χ1n) is 7.59. The van der Waals surface area contributed by atoms with Crippen LogP contribution in [0.5, 0.6) is 0 Å². The second-order valence-corrected chi connectivity index (χ2v) is 6.01. The van der Waals surface area contributed by atoms with E-state index < -0.39 is 12.0 Å². The summed E-state index contributed by atoms with van der Waals surface area (Å²) in [6.07, 6.45) is 4.22. The zero-order valence-electron chi connectivity index (χ0n) is 13.3. The highest BCUT2D eigenvalue weighted by atomic mass is 35.5. The molecule has 2 N–H and O–H groups in total. The summed E-state index contributed by atoms with van der Waals surface area (Å²) >= 11 is 5.84.